The van der Waals surface area contributed by atoms with Crippen molar-refractivity contribution in [1.29, 1.82) is 0 Å². The lowest BCUT2D eigenvalue weighted by Gasteiger charge is -2.27. The third-order valence-corrected chi connectivity index (χ3v) is 3.38. The molecule has 0 aliphatic carbocycles. The van der Waals surface area contributed by atoms with Crippen LogP contribution in [0.5, 0.6) is 0 Å². The van der Waals surface area contributed by atoms with E-state index in [4.69, 9.17) is 0 Å². The highest BCUT2D eigenvalue weighted by molar-refractivity contribution is 6.10. The number of rotatable bonds is 3. The zero-order chi connectivity index (χ0) is 14.5. The second kappa shape index (κ2) is 6.36. The number of hydrogen-bond acceptors (Lipinski definition) is 4. The van der Waals surface area contributed by atoms with Crippen LogP contribution in [0.4, 0.5) is 0 Å². The van der Waals surface area contributed by atoms with Crippen LogP contribution in [-0.2, 0) is 19.2 Å². The number of amides is 4. The van der Waals surface area contributed by atoms with Crippen molar-refractivity contribution in [3.8, 4) is 0 Å². The molecular formula is C12H18N4O4. The summed E-state index contributed by atoms with van der Waals surface area (Å²) in [4.78, 5) is 47.9. The minimum absolute atomic E-state index is 0.130. The van der Waals surface area contributed by atoms with Crippen LogP contribution in [0.2, 0.25) is 0 Å². The van der Waals surface area contributed by atoms with Gasteiger partial charge in [-0.3, -0.25) is 19.2 Å². The molecule has 0 saturated carbocycles. The number of carbonyl (C=O) groups is 4. The van der Waals surface area contributed by atoms with Gasteiger partial charge in [0, 0.05) is 13.1 Å². The summed E-state index contributed by atoms with van der Waals surface area (Å²) in [5.74, 6) is -1.82. The summed E-state index contributed by atoms with van der Waals surface area (Å²) in [6.45, 7) is 1.12. The molecule has 0 bridgehead atoms. The summed E-state index contributed by atoms with van der Waals surface area (Å²) in [5.41, 5.74) is 0. The number of piperidine rings is 1. The minimum Gasteiger partial charge on any atom is -0.345 e. The zero-order valence-electron chi connectivity index (χ0n) is 11.1. The average Bonchev–Trinajstić information content (AvgIpc) is 2.47. The first-order chi connectivity index (χ1) is 9.58. The lowest BCUT2D eigenvalue weighted by atomic mass is 10.1. The van der Waals surface area contributed by atoms with Gasteiger partial charge in [0.05, 0.1) is 13.1 Å². The highest BCUT2D eigenvalue weighted by atomic mass is 16.2. The quantitative estimate of drug-likeness (QED) is 0.507. The van der Waals surface area contributed by atoms with E-state index >= 15 is 0 Å². The molecule has 0 radical (unpaired) electrons. The Hall–Kier alpha value is -2.12. The molecule has 8 nitrogen and oxygen atoms in total. The van der Waals surface area contributed by atoms with Gasteiger partial charge >= 0.3 is 0 Å². The molecule has 110 valence electrons. The third-order valence-electron chi connectivity index (χ3n) is 3.38. The van der Waals surface area contributed by atoms with Gasteiger partial charge in [0.1, 0.15) is 0 Å². The Balaban J connectivity index is 1.80. The summed E-state index contributed by atoms with van der Waals surface area (Å²) in [5, 5.41) is 6.98. The summed E-state index contributed by atoms with van der Waals surface area (Å²) in [6, 6.07) is -1.26. The summed E-state index contributed by atoms with van der Waals surface area (Å²) < 4.78 is 0. The monoisotopic (exact) mass is 282 g/mol. The molecule has 0 aromatic carbocycles. The normalized spacial score (nSPS) is 22.8. The molecule has 2 fully saturated rings. The molecule has 0 aromatic heterocycles. The maximum absolute atomic E-state index is 11.9. The van der Waals surface area contributed by atoms with E-state index in [2.05, 4.69) is 16.0 Å². The standard InChI is InChI=1S/C12H18N4O4/c17-8-6-13-11(19)10(15-8)12(20)14-7-9(18)16-4-2-1-3-5-16/h10H,1-7H2,(H,13,19)(H,14,20)(H,15,17)/t10-/m1/s1. The van der Waals surface area contributed by atoms with Crippen LogP contribution in [0.25, 0.3) is 0 Å². The Labute approximate surface area is 116 Å². The van der Waals surface area contributed by atoms with Crippen molar-refractivity contribution in [2.45, 2.75) is 25.3 Å². The average molecular weight is 282 g/mol. The van der Waals surface area contributed by atoms with E-state index in [1.54, 1.807) is 4.90 Å². The molecule has 0 unspecified atom stereocenters. The van der Waals surface area contributed by atoms with E-state index in [0.717, 1.165) is 19.3 Å². The van der Waals surface area contributed by atoms with Crippen molar-refractivity contribution in [2.75, 3.05) is 26.2 Å². The lowest BCUT2D eigenvalue weighted by Crippen LogP contribution is -2.62. The number of piperazine rings is 1. The smallest absolute Gasteiger partial charge is 0.252 e. The highest BCUT2D eigenvalue weighted by Gasteiger charge is 2.32. The second-order valence-corrected chi connectivity index (χ2v) is 4.88. The fraction of sp³-hybridized carbons (Fsp3) is 0.667. The Bertz CT molecular complexity index is 431. The number of likely N-dealkylation sites (tertiary alicyclic amines) is 1. The van der Waals surface area contributed by atoms with Crippen LogP contribution >= 0.6 is 0 Å². The lowest BCUT2D eigenvalue weighted by molar-refractivity contribution is -0.141. The summed E-state index contributed by atoms with van der Waals surface area (Å²) in [7, 11) is 0. The molecule has 4 amide bonds. The van der Waals surface area contributed by atoms with Gasteiger partial charge in [0.2, 0.25) is 11.8 Å². The number of nitrogens with one attached hydrogen (secondary N) is 3. The molecule has 8 heteroatoms. The van der Waals surface area contributed by atoms with E-state index in [-0.39, 0.29) is 19.0 Å². The first-order valence-corrected chi connectivity index (χ1v) is 6.70. The highest BCUT2D eigenvalue weighted by Crippen LogP contribution is 2.08. The Morgan fingerprint density at radius 1 is 1.20 bits per heavy atom. The van der Waals surface area contributed by atoms with E-state index in [1.807, 2.05) is 0 Å². The van der Waals surface area contributed by atoms with Crippen molar-refractivity contribution in [2.24, 2.45) is 0 Å². The number of hydrogen-bond donors (Lipinski definition) is 3. The van der Waals surface area contributed by atoms with Gasteiger partial charge in [-0.1, -0.05) is 0 Å². The summed E-state index contributed by atoms with van der Waals surface area (Å²) in [6.07, 6.45) is 3.06. The largest absolute Gasteiger partial charge is 0.345 e. The van der Waals surface area contributed by atoms with Crippen molar-refractivity contribution in [1.82, 2.24) is 20.9 Å². The molecular weight excluding hydrogens is 264 g/mol. The fourth-order valence-corrected chi connectivity index (χ4v) is 2.25. The molecule has 2 saturated heterocycles. The molecule has 0 spiro atoms. The van der Waals surface area contributed by atoms with Gasteiger partial charge in [0.25, 0.3) is 11.8 Å². The van der Waals surface area contributed by atoms with Gasteiger partial charge in [-0.25, -0.2) is 0 Å². The van der Waals surface area contributed by atoms with Gasteiger partial charge in [-0.2, -0.15) is 0 Å². The summed E-state index contributed by atoms with van der Waals surface area (Å²) >= 11 is 0. The molecule has 3 N–H and O–H groups in total. The van der Waals surface area contributed by atoms with E-state index < -0.39 is 23.8 Å². The molecule has 2 rings (SSSR count). The van der Waals surface area contributed by atoms with Gasteiger partial charge in [-0.15, -0.1) is 0 Å². The zero-order valence-corrected chi connectivity index (χ0v) is 11.1. The van der Waals surface area contributed by atoms with Gasteiger partial charge in [-0.05, 0) is 19.3 Å². The molecule has 2 heterocycles. The SMILES string of the molecule is O=C1CNC(=O)[C@H](C(=O)NCC(=O)N2CCCCC2)N1. The van der Waals surface area contributed by atoms with Crippen LogP contribution in [0, 0.1) is 0 Å². The first-order valence-electron chi connectivity index (χ1n) is 6.70. The Morgan fingerprint density at radius 2 is 1.90 bits per heavy atom. The maximum Gasteiger partial charge on any atom is 0.252 e. The number of nitrogens with zero attached hydrogens (tertiary/aromatic N) is 1. The van der Waals surface area contributed by atoms with E-state index in [0.29, 0.717) is 13.1 Å². The van der Waals surface area contributed by atoms with Crippen LogP contribution in [0.3, 0.4) is 0 Å². The third kappa shape index (κ3) is 3.46. The maximum atomic E-state index is 11.9. The van der Waals surface area contributed by atoms with Crippen molar-refractivity contribution < 1.29 is 19.2 Å². The first kappa shape index (κ1) is 14.3. The minimum atomic E-state index is -1.26. The van der Waals surface area contributed by atoms with Crippen LogP contribution < -0.4 is 16.0 Å². The molecule has 2 aliphatic heterocycles. The fourth-order valence-electron chi connectivity index (χ4n) is 2.25. The van der Waals surface area contributed by atoms with Crippen LogP contribution in [0.1, 0.15) is 19.3 Å². The Morgan fingerprint density at radius 3 is 2.60 bits per heavy atom. The van der Waals surface area contributed by atoms with Crippen LogP contribution in [-0.4, -0.2) is 60.7 Å². The Kier molecular flexibility index (Phi) is 4.54. The second-order valence-electron chi connectivity index (χ2n) is 4.88. The van der Waals surface area contributed by atoms with Crippen molar-refractivity contribution in [3.05, 3.63) is 0 Å². The molecule has 2 aliphatic rings. The van der Waals surface area contributed by atoms with Gasteiger partial charge < -0.3 is 20.9 Å². The van der Waals surface area contributed by atoms with Crippen molar-refractivity contribution >= 4 is 23.6 Å². The van der Waals surface area contributed by atoms with E-state index in [1.165, 1.54) is 0 Å². The van der Waals surface area contributed by atoms with Gasteiger partial charge in [0.15, 0.2) is 6.04 Å². The molecule has 1 atom stereocenters. The van der Waals surface area contributed by atoms with Crippen LogP contribution in [0.15, 0.2) is 0 Å². The predicted octanol–water partition coefficient (Wildman–Crippen LogP) is -2.27. The number of carbonyl (C=O) groups excluding carboxylic acids is 4. The van der Waals surface area contributed by atoms with E-state index in [9.17, 15) is 19.2 Å². The topological polar surface area (TPSA) is 108 Å². The predicted molar refractivity (Wildman–Crippen MR) is 68.4 cm³/mol. The molecule has 20 heavy (non-hydrogen) atoms. The van der Waals surface area contributed by atoms with Crippen molar-refractivity contribution in [3.63, 3.8) is 0 Å². The molecule has 0 aromatic rings.